The van der Waals surface area contributed by atoms with E-state index in [4.69, 9.17) is 0 Å². The van der Waals surface area contributed by atoms with Crippen molar-refractivity contribution in [3.8, 4) is 0 Å². The highest BCUT2D eigenvalue weighted by Crippen LogP contribution is 2.08. The molecular weight excluding hydrogens is 238 g/mol. The molecule has 5 heteroatoms. The van der Waals surface area contributed by atoms with E-state index in [9.17, 15) is 0 Å². The first-order valence-corrected chi connectivity index (χ1v) is 7.52. The molecule has 1 heterocycles. The Morgan fingerprint density at radius 3 is 1.68 bits per heavy atom. The van der Waals surface area contributed by atoms with Crippen LogP contribution in [0, 0.1) is 0 Å². The lowest BCUT2D eigenvalue weighted by Crippen LogP contribution is -2.12. The van der Waals surface area contributed by atoms with E-state index in [0.29, 0.717) is 11.9 Å². The molecule has 5 nitrogen and oxygen atoms in total. The molecule has 1 aromatic heterocycles. The van der Waals surface area contributed by atoms with Crippen LogP contribution in [0.3, 0.4) is 0 Å². The third-order valence-electron chi connectivity index (χ3n) is 2.78. The summed E-state index contributed by atoms with van der Waals surface area (Å²) in [6.45, 7) is 8.32. The van der Waals surface area contributed by atoms with Gasteiger partial charge in [-0.05, 0) is 19.3 Å². The van der Waals surface area contributed by atoms with E-state index in [2.05, 4.69) is 46.4 Å². The molecule has 0 aliphatic heterocycles. The van der Waals surface area contributed by atoms with Crippen LogP contribution in [0.15, 0.2) is 0 Å². The van der Waals surface area contributed by atoms with Crippen molar-refractivity contribution in [1.29, 1.82) is 0 Å². The average Bonchev–Trinajstić information content (AvgIpc) is 2.40. The highest BCUT2D eigenvalue weighted by atomic mass is 15.2. The van der Waals surface area contributed by atoms with Crippen molar-refractivity contribution in [3.63, 3.8) is 0 Å². The molecule has 108 valence electrons. The van der Waals surface area contributed by atoms with E-state index in [1.54, 1.807) is 0 Å². The number of hydrogen-bond acceptors (Lipinski definition) is 5. The van der Waals surface area contributed by atoms with Gasteiger partial charge in [0.05, 0.1) is 0 Å². The number of nitrogens with zero attached hydrogens (tertiary/aromatic N) is 3. The summed E-state index contributed by atoms with van der Waals surface area (Å²) in [6.07, 6.45) is 6.55. The fraction of sp³-hybridized carbons (Fsp3) is 0.786. The average molecular weight is 265 g/mol. The second kappa shape index (κ2) is 9.53. The van der Waals surface area contributed by atoms with Crippen LogP contribution in [0.1, 0.15) is 58.7 Å². The minimum Gasteiger partial charge on any atom is -0.354 e. The molecule has 0 radical (unpaired) electrons. The topological polar surface area (TPSA) is 62.7 Å². The van der Waals surface area contributed by atoms with Gasteiger partial charge in [0.1, 0.15) is 5.82 Å². The molecule has 0 fully saturated rings. The summed E-state index contributed by atoms with van der Waals surface area (Å²) in [5, 5.41) is 6.55. The maximum absolute atomic E-state index is 4.45. The van der Waals surface area contributed by atoms with E-state index in [0.717, 1.165) is 44.6 Å². The van der Waals surface area contributed by atoms with Crippen LogP contribution >= 0.6 is 0 Å². The van der Waals surface area contributed by atoms with Gasteiger partial charge in [-0.2, -0.15) is 15.0 Å². The van der Waals surface area contributed by atoms with Crippen molar-refractivity contribution in [2.75, 3.05) is 23.7 Å². The van der Waals surface area contributed by atoms with Crippen LogP contribution in [0.2, 0.25) is 0 Å². The van der Waals surface area contributed by atoms with E-state index < -0.39 is 0 Å². The Morgan fingerprint density at radius 2 is 1.26 bits per heavy atom. The van der Waals surface area contributed by atoms with Crippen molar-refractivity contribution in [1.82, 2.24) is 15.0 Å². The molecule has 0 atom stereocenters. The van der Waals surface area contributed by atoms with Crippen LogP contribution in [0.25, 0.3) is 0 Å². The zero-order chi connectivity index (χ0) is 13.9. The molecule has 0 aromatic carbocycles. The molecule has 0 saturated carbocycles. The summed E-state index contributed by atoms with van der Waals surface area (Å²) in [5.74, 6) is 2.27. The lowest BCUT2D eigenvalue weighted by Gasteiger charge is -2.09. The minimum atomic E-state index is 0.700. The Labute approximate surface area is 116 Å². The predicted octanol–water partition coefficient (Wildman–Crippen LogP) is 3.25. The maximum atomic E-state index is 4.45. The quantitative estimate of drug-likeness (QED) is 0.636. The van der Waals surface area contributed by atoms with Gasteiger partial charge in [0, 0.05) is 19.5 Å². The Morgan fingerprint density at radius 1 is 0.737 bits per heavy atom. The normalized spacial score (nSPS) is 10.5. The number of unbranched alkanes of at least 4 members (excludes halogenated alkanes) is 2. The molecule has 0 unspecified atom stereocenters. The number of aryl methyl sites for hydroxylation is 1. The summed E-state index contributed by atoms with van der Waals surface area (Å²) in [5.41, 5.74) is 0. The first-order valence-electron chi connectivity index (χ1n) is 7.52. The van der Waals surface area contributed by atoms with E-state index in [1.807, 2.05) is 0 Å². The van der Waals surface area contributed by atoms with Gasteiger partial charge >= 0.3 is 0 Å². The van der Waals surface area contributed by atoms with Crippen molar-refractivity contribution in [3.05, 3.63) is 5.82 Å². The van der Waals surface area contributed by atoms with Crippen LogP contribution in [0.5, 0.6) is 0 Å². The number of hydrogen-bond donors (Lipinski definition) is 2. The number of aromatic nitrogens is 3. The molecule has 0 bridgehead atoms. The van der Waals surface area contributed by atoms with Crippen molar-refractivity contribution < 1.29 is 0 Å². The minimum absolute atomic E-state index is 0.700. The number of rotatable bonds is 10. The van der Waals surface area contributed by atoms with Gasteiger partial charge in [-0.25, -0.2) is 0 Å². The van der Waals surface area contributed by atoms with Gasteiger partial charge in [-0.3, -0.25) is 0 Å². The largest absolute Gasteiger partial charge is 0.354 e. The van der Waals surface area contributed by atoms with Gasteiger partial charge in [0.15, 0.2) is 0 Å². The maximum Gasteiger partial charge on any atom is 0.227 e. The third-order valence-corrected chi connectivity index (χ3v) is 2.78. The second-order valence-corrected chi connectivity index (χ2v) is 4.71. The SMILES string of the molecule is CCCCNc1nc(CCC)nc(NCCCC)n1. The van der Waals surface area contributed by atoms with Gasteiger partial charge < -0.3 is 10.6 Å². The Hall–Kier alpha value is -1.39. The van der Waals surface area contributed by atoms with E-state index in [-0.39, 0.29) is 0 Å². The van der Waals surface area contributed by atoms with E-state index >= 15 is 0 Å². The zero-order valence-corrected chi connectivity index (χ0v) is 12.5. The van der Waals surface area contributed by atoms with Crippen LogP contribution in [0.4, 0.5) is 11.9 Å². The summed E-state index contributed by atoms with van der Waals surface area (Å²) in [7, 11) is 0. The number of nitrogens with one attached hydrogen (secondary N) is 2. The first kappa shape index (κ1) is 15.7. The predicted molar refractivity (Wildman–Crippen MR) is 80.6 cm³/mol. The van der Waals surface area contributed by atoms with Crippen LogP contribution < -0.4 is 10.6 Å². The Kier molecular flexibility index (Phi) is 7.86. The molecule has 0 aliphatic carbocycles. The van der Waals surface area contributed by atoms with Crippen molar-refractivity contribution in [2.45, 2.75) is 59.3 Å². The molecular formula is C14H27N5. The summed E-state index contributed by atoms with van der Waals surface area (Å²) >= 11 is 0. The lowest BCUT2D eigenvalue weighted by molar-refractivity contribution is 0.787. The van der Waals surface area contributed by atoms with Gasteiger partial charge in [0.25, 0.3) is 0 Å². The zero-order valence-electron chi connectivity index (χ0n) is 12.5. The van der Waals surface area contributed by atoms with Crippen LogP contribution in [-0.4, -0.2) is 28.0 Å². The highest BCUT2D eigenvalue weighted by Gasteiger charge is 2.05. The smallest absolute Gasteiger partial charge is 0.227 e. The first-order chi connectivity index (χ1) is 9.30. The molecule has 0 amide bonds. The van der Waals surface area contributed by atoms with Crippen molar-refractivity contribution >= 4 is 11.9 Å². The molecule has 1 rings (SSSR count). The van der Waals surface area contributed by atoms with E-state index in [1.165, 1.54) is 12.8 Å². The third kappa shape index (κ3) is 6.36. The van der Waals surface area contributed by atoms with Gasteiger partial charge in [-0.1, -0.05) is 33.6 Å². The highest BCUT2D eigenvalue weighted by molar-refractivity contribution is 5.34. The summed E-state index contributed by atoms with van der Waals surface area (Å²) < 4.78 is 0. The van der Waals surface area contributed by atoms with Crippen LogP contribution in [-0.2, 0) is 6.42 Å². The van der Waals surface area contributed by atoms with Crippen molar-refractivity contribution in [2.24, 2.45) is 0 Å². The lowest BCUT2D eigenvalue weighted by atomic mass is 10.3. The number of anilines is 2. The molecule has 2 N–H and O–H groups in total. The summed E-state index contributed by atoms with van der Waals surface area (Å²) in [4.78, 5) is 13.3. The molecule has 0 spiro atoms. The fourth-order valence-corrected chi connectivity index (χ4v) is 1.67. The standard InChI is InChI=1S/C14H27N5/c1-4-7-10-15-13-17-12(9-6-3)18-14(19-13)16-11-8-5-2/h4-11H2,1-3H3,(H2,15,16,17,18,19). The fourth-order valence-electron chi connectivity index (χ4n) is 1.67. The van der Waals surface area contributed by atoms with Gasteiger partial charge in [-0.15, -0.1) is 0 Å². The molecule has 1 aromatic rings. The molecule has 0 aliphatic rings. The molecule has 19 heavy (non-hydrogen) atoms. The van der Waals surface area contributed by atoms with Gasteiger partial charge in [0.2, 0.25) is 11.9 Å². The Bertz CT molecular complexity index is 325. The second-order valence-electron chi connectivity index (χ2n) is 4.71. The summed E-state index contributed by atoms with van der Waals surface area (Å²) in [6, 6.07) is 0. The molecule has 0 saturated heterocycles. The monoisotopic (exact) mass is 265 g/mol. The Balaban J connectivity index is 2.66.